The molecule has 1 atom stereocenters. The van der Waals surface area contributed by atoms with E-state index in [0.29, 0.717) is 6.42 Å². The summed E-state index contributed by atoms with van der Waals surface area (Å²) in [5.41, 5.74) is 3.92. The normalized spacial score (nSPS) is 11.2. The summed E-state index contributed by atoms with van der Waals surface area (Å²) in [6.07, 6.45) is 1.02. The van der Waals surface area contributed by atoms with E-state index < -0.39 is 18.0 Å². The van der Waals surface area contributed by atoms with E-state index >= 15 is 0 Å². The van der Waals surface area contributed by atoms with E-state index in [1.807, 2.05) is 60.7 Å². The highest BCUT2D eigenvalue weighted by Gasteiger charge is 2.17. The molecule has 0 aliphatic heterocycles. The summed E-state index contributed by atoms with van der Waals surface area (Å²) in [6.45, 7) is 3.72. The first kappa shape index (κ1) is 17.3. The summed E-state index contributed by atoms with van der Waals surface area (Å²) < 4.78 is 4.91. The van der Waals surface area contributed by atoms with Crippen molar-refractivity contribution in [1.82, 2.24) is 5.48 Å². The molecule has 5 nitrogen and oxygen atoms in total. The van der Waals surface area contributed by atoms with Crippen molar-refractivity contribution < 1.29 is 19.2 Å². The molecule has 2 aromatic carbocycles. The maximum absolute atomic E-state index is 12.0. The smallest absolute Gasteiger partial charge is 0.428 e. The number of ether oxygens (including phenoxy) is 1. The van der Waals surface area contributed by atoms with E-state index in [9.17, 15) is 9.59 Å². The quantitative estimate of drug-likeness (QED) is 0.502. The Labute approximate surface area is 140 Å². The molecule has 0 aromatic heterocycles. The van der Waals surface area contributed by atoms with Crippen LogP contribution in [-0.2, 0) is 27.4 Å². The number of rotatable bonds is 6. The van der Waals surface area contributed by atoms with Gasteiger partial charge in [0.25, 0.3) is 5.91 Å². The number of carbonyl (C=O) groups excluding carboxylic acids is 2. The molecular formula is C19H19NO4. The Bertz CT molecular complexity index is 670. The number of amides is 1. The van der Waals surface area contributed by atoms with Gasteiger partial charge in [0, 0.05) is 0 Å². The first-order valence-corrected chi connectivity index (χ1v) is 7.53. The number of benzene rings is 2. The highest BCUT2D eigenvalue weighted by atomic mass is 16.8. The van der Waals surface area contributed by atoms with Crippen molar-refractivity contribution >= 4 is 12.1 Å². The summed E-state index contributed by atoms with van der Waals surface area (Å²) in [5, 5.41) is 0. The second-order valence-corrected chi connectivity index (χ2v) is 5.12. The van der Waals surface area contributed by atoms with Gasteiger partial charge in [-0.1, -0.05) is 66.7 Å². The largest absolute Gasteiger partial charge is 0.533 e. The molecule has 0 bridgehead atoms. The number of hydrogen-bond acceptors (Lipinski definition) is 4. The van der Waals surface area contributed by atoms with E-state index in [-0.39, 0.29) is 6.61 Å². The zero-order valence-electron chi connectivity index (χ0n) is 13.2. The molecule has 2 aromatic rings. The topological polar surface area (TPSA) is 64.6 Å². The molecule has 5 heteroatoms. The Kier molecular flexibility index (Phi) is 6.58. The molecule has 2 rings (SSSR count). The van der Waals surface area contributed by atoms with Crippen molar-refractivity contribution in [2.24, 2.45) is 5.92 Å². The Balaban J connectivity index is 1.76. The van der Waals surface area contributed by atoms with Crippen LogP contribution in [0.4, 0.5) is 4.79 Å². The van der Waals surface area contributed by atoms with Gasteiger partial charge in [-0.25, -0.2) is 4.79 Å². The summed E-state index contributed by atoms with van der Waals surface area (Å²) in [7, 11) is 0. The third kappa shape index (κ3) is 5.61. The van der Waals surface area contributed by atoms with E-state index in [1.165, 1.54) is 6.08 Å². The van der Waals surface area contributed by atoms with Crippen molar-refractivity contribution in [2.75, 3.05) is 0 Å². The van der Waals surface area contributed by atoms with Gasteiger partial charge < -0.3 is 9.57 Å². The number of hydrogen-bond donors (Lipinski definition) is 1. The van der Waals surface area contributed by atoms with Crippen LogP contribution in [0.2, 0.25) is 0 Å². The minimum atomic E-state index is -0.963. The van der Waals surface area contributed by atoms with Gasteiger partial charge in [-0.05, 0) is 17.5 Å². The molecule has 1 amide bonds. The molecular weight excluding hydrogens is 306 g/mol. The van der Waals surface area contributed by atoms with Crippen LogP contribution < -0.4 is 5.48 Å². The number of hydroxylamine groups is 1. The number of carbonyl (C=O) groups is 2. The van der Waals surface area contributed by atoms with E-state index in [4.69, 9.17) is 4.74 Å². The van der Waals surface area contributed by atoms with Gasteiger partial charge in [-0.15, -0.1) is 6.58 Å². The van der Waals surface area contributed by atoms with Gasteiger partial charge >= 0.3 is 6.16 Å². The first-order valence-electron chi connectivity index (χ1n) is 7.53. The number of nitrogens with one attached hydrogen (secondary N) is 1. The molecule has 1 unspecified atom stereocenters. The lowest BCUT2D eigenvalue weighted by Crippen LogP contribution is -2.33. The standard InChI is InChI=1S/C19H19NO4/c1-2-17(13-15-9-5-3-6-10-15)18(21)20-24-19(22)23-14-16-11-7-4-8-12-16/h2-12,17H,1,13-14H2,(H,20,21). The Hall–Kier alpha value is -3.08. The predicted octanol–water partition coefficient (Wildman–Crippen LogP) is 3.42. The molecule has 0 fully saturated rings. The fraction of sp³-hybridized carbons (Fsp3) is 0.158. The Morgan fingerprint density at radius 1 is 1.00 bits per heavy atom. The van der Waals surface area contributed by atoms with Gasteiger partial charge in [0.15, 0.2) is 0 Å². The SMILES string of the molecule is C=CC(Cc1ccccc1)C(=O)NOC(=O)OCc1ccccc1. The lowest BCUT2D eigenvalue weighted by Gasteiger charge is -2.12. The summed E-state index contributed by atoms with van der Waals surface area (Å²) in [6, 6.07) is 18.7. The molecule has 24 heavy (non-hydrogen) atoms. The zero-order chi connectivity index (χ0) is 17.2. The second kappa shape index (κ2) is 9.15. The summed E-state index contributed by atoms with van der Waals surface area (Å²) >= 11 is 0. The van der Waals surface area contributed by atoms with Crippen molar-refractivity contribution in [3.05, 3.63) is 84.4 Å². The molecule has 0 saturated heterocycles. The van der Waals surface area contributed by atoms with Gasteiger partial charge in [-0.3, -0.25) is 4.79 Å². The Morgan fingerprint density at radius 3 is 2.17 bits per heavy atom. The monoisotopic (exact) mass is 325 g/mol. The van der Waals surface area contributed by atoms with Crippen LogP contribution in [0, 0.1) is 5.92 Å². The van der Waals surface area contributed by atoms with Crippen molar-refractivity contribution in [1.29, 1.82) is 0 Å². The summed E-state index contributed by atoms with van der Waals surface area (Å²) in [5.74, 6) is -0.958. The minimum Gasteiger partial charge on any atom is -0.428 e. The summed E-state index contributed by atoms with van der Waals surface area (Å²) in [4.78, 5) is 28.2. The molecule has 0 radical (unpaired) electrons. The van der Waals surface area contributed by atoms with Crippen LogP contribution >= 0.6 is 0 Å². The minimum absolute atomic E-state index is 0.0739. The van der Waals surface area contributed by atoms with Crippen LogP contribution in [0.3, 0.4) is 0 Å². The first-order chi connectivity index (χ1) is 11.7. The predicted molar refractivity (Wildman–Crippen MR) is 89.7 cm³/mol. The van der Waals surface area contributed by atoms with E-state index in [2.05, 4.69) is 16.9 Å². The van der Waals surface area contributed by atoms with Gasteiger partial charge in [0.05, 0.1) is 5.92 Å². The molecule has 0 aliphatic carbocycles. The average Bonchev–Trinajstić information content (AvgIpc) is 2.64. The highest BCUT2D eigenvalue weighted by Crippen LogP contribution is 2.10. The van der Waals surface area contributed by atoms with Crippen LogP contribution in [0.1, 0.15) is 11.1 Å². The maximum Gasteiger partial charge on any atom is 0.533 e. The second-order valence-electron chi connectivity index (χ2n) is 5.12. The molecule has 0 saturated carbocycles. The van der Waals surface area contributed by atoms with Crippen LogP contribution in [0.5, 0.6) is 0 Å². The molecule has 0 aliphatic rings. The van der Waals surface area contributed by atoms with Gasteiger partial charge in [0.2, 0.25) is 0 Å². The zero-order valence-corrected chi connectivity index (χ0v) is 13.2. The molecule has 124 valence electrons. The molecule has 0 heterocycles. The Morgan fingerprint density at radius 2 is 1.58 bits per heavy atom. The van der Waals surface area contributed by atoms with E-state index in [1.54, 1.807) is 0 Å². The lowest BCUT2D eigenvalue weighted by molar-refractivity contribution is -0.134. The van der Waals surface area contributed by atoms with Crippen LogP contribution in [-0.4, -0.2) is 12.1 Å². The lowest BCUT2D eigenvalue weighted by atomic mass is 9.99. The molecule has 1 N–H and O–H groups in total. The fourth-order valence-corrected chi connectivity index (χ4v) is 2.06. The molecule has 0 spiro atoms. The van der Waals surface area contributed by atoms with Gasteiger partial charge in [0.1, 0.15) is 6.61 Å². The maximum atomic E-state index is 12.0. The van der Waals surface area contributed by atoms with Crippen molar-refractivity contribution in [2.45, 2.75) is 13.0 Å². The fourth-order valence-electron chi connectivity index (χ4n) is 2.06. The third-order valence-electron chi connectivity index (χ3n) is 3.35. The van der Waals surface area contributed by atoms with Crippen LogP contribution in [0.25, 0.3) is 0 Å². The third-order valence-corrected chi connectivity index (χ3v) is 3.35. The van der Waals surface area contributed by atoms with Crippen molar-refractivity contribution in [3.63, 3.8) is 0 Å². The average molecular weight is 325 g/mol. The van der Waals surface area contributed by atoms with Crippen molar-refractivity contribution in [3.8, 4) is 0 Å². The van der Waals surface area contributed by atoms with Crippen LogP contribution in [0.15, 0.2) is 73.3 Å². The van der Waals surface area contributed by atoms with Gasteiger partial charge in [-0.2, -0.15) is 5.48 Å². The highest BCUT2D eigenvalue weighted by molar-refractivity contribution is 5.80. The van der Waals surface area contributed by atoms with E-state index in [0.717, 1.165) is 11.1 Å².